The number of rotatable bonds is 16. The van der Waals surface area contributed by atoms with Crippen LogP contribution in [0.3, 0.4) is 0 Å². The molecule has 0 spiro atoms. The molecule has 0 aliphatic rings. The summed E-state index contributed by atoms with van der Waals surface area (Å²) >= 11 is 0. The normalized spacial score (nSPS) is 11.7. The molecule has 8 heteroatoms. The molecule has 0 fully saturated rings. The van der Waals surface area contributed by atoms with Gasteiger partial charge in [-0.25, -0.2) is 0 Å². The van der Waals surface area contributed by atoms with E-state index >= 15 is 0 Å². The number of allylic oxidation sites excluding steroid dienone is 2. The van der Waals surface area contributed by atoms with Crippen molar-refractivity contribution in [3.05, 3.63) is 202 Å². The number of aldehydes is 1. The lowest BCUT2D eigenvalue weighted by molar-refractivity contribution is 0.0618. The molecule has 0 saturated heterocycles. The molecule has 6 aromatic rings. The molecule has 0 heterocycles. The number of amides is 2. The van der Waals surface area contributed by atoms with Crippen LogP contribution < -0.4 is 14.8 Å². The molecule has 0 aliphatic carbocycles. The maximum absolute atomic E-state index is 14.0. The average Bonchev–Trinajstić information content (AvgIpc) is 3.28. The lowest BCUT2D eigenvalue weighted by atomic mass is 9.78. The fourth-order valence-corrected chi connectivity index (χ4v) is 7.57. The summed E-state index contributed by atoms with van der Waals surface area (Å²) in [6, 6.07) is 41.5. The van der Waals surface area contributed by atoms with E-state index in [1.54, 1.807) is 48.3 Å². The Bertz CT molecular complexity index is 2730. The van der Waals surface area contributed by atoms with Crippen molar-refractivity contribution in [2.24, 2.45) is 0 Å². The van der Waals surface area contributed by atoms with Gasteiger partial charge in [0, 0.05) is 23.6 Å². The lowest BCUT2D eigenvalue weighted by Gasteiger charge is -2.37. The monoisotopic (exact) mass is 854 g/mol. The van der Waals surface area contributed by atoms with Crippen LogP contribution in [-0.2, 0) is 23.1 Å². The molecule has 0 aromatic heterocycles. The Morgan fingerprint density at radius 1 is 0.625 bits per heavy atom. The number of nitrogens with one attached hydrogen (secondary N) is 1. The van der Waals surface area contributed by atoms with Gasteiger partial charge >= 0.3 is 0 Å². The SMILES string of the molecule is C=C(C)c1cccc(C(C)(C)NC(=O)c2ccc(Oc3ccc(C(C)(C)c4ccc(Oc5ccc(CO)c(C(=O)N(C)C(C)(C)c6cccc(C(=C)C)c6)c5)cc4)cc3)cc2C=O)c1. The van der Waals surface area contributed by atoms with Gasteiger partial charge in [-0.05, 0) is 147 Å². The highest BCUT2D eigenvalue weighted by Crippen LogP contribution is 2.36. The van der Waals surface area contributed by atoms with Gasteiger partial charge in [-0.15, -0.1) is 0 Å². The Morgan fingerprint density at radius 3 is 1.62 bits per heavy atom. The Kier molecular flexibility index (Phi) is 13.6. The third kappa shape index (κ3) is 10.1. The molecule has 6 rings (SSSR count). The van der Waals surface area contributed by atoms with Gasteiger partial charge < -0.3 is 24.8 Å². The molecule has 0 atom stereocenters. The number of nitrogens with zero attached hydrogens (tertiary/aromatic N) is 1. The Morgan fingerprint density at radius 2 is 1.11 bits per heavy atom. The zero-order chi connectivity index (χ0) is 46.6. The molecule has 0 radical (unpaired) electrons. The highest BCUT2D eigenvalue weighted by Gasteiger charge is 2.32. The van der Waals surface area contributed by atoms with E-state index in [-0.39, 0.29) is 35.0 Å². The number of hydrogen-bond acceptors (Lipinski definition) is 6. The average molecular weight is 855 g/mol. The number of ether oxygens (including phenoxy) is 2. The maximum Gasteiger partial charge on any atom is 0.254 e. The minimum atomic E-state index is -0.708. The Labute approximate surface area is 377 Å². The van der Waals surface area contributed by atoms with Crippen molar-refractivity contribution in [1.29, 1.82) is 0 Å². The number of hydrogen-bond donors (Lipinski definition) is 2. The summed E-state index contributed by atoms with van der Waals surface area (Å²) in [5.41, 5.74) is 7.45. The second-order valence-corrected chi connectivity index (χ2v) is 17.9. The van der Waals surface area contributed by atoms with Crippen LogP contribution in [0.15, 0.2) is 147 Å². The van der Waals surface area contributed by atoms with Crippen molar-refractivity contribution in [3.8, 4) is 23.0 Å². The molecule has 64 heavy (non-hydrogen) atoms. The number of aliphatic hydroxyl groups is 1. The van der Waals surface area contributed by atoms with E-state index < -0.39 is 11.1 Å². The fraction of sp³-hybridized carbons (Fsp3) is 0.232. The molecule has 0 saturated carbocycles. The molecule has 0 unspecified atom stereocenters. The second kappa shape index (κ2) is 18.8. The largest absolute Gasteiger partial charge is 0.457 e. The topological polar surface area (TPSA) is 105 Å². The van der Waals surface area contributed by atoms with Crippen molar-refractivity contribution in [2.45, 2.75) is 78.5 Å². The highest BCUT2D eigenvalue weighted by atomic mass is 16.5. The summed E-state index contributed by atoms with van der Waals surface area (Å²) < 4.78 is 12.4. The van der Waals surface area contributed by atoms with Crippen LogP contribution in [0, 0.1) is 0 Å². The van der Waals surface area contributed by atoms with Gasteiger partial charge in [0.05, 0.1) is 23.2 Å². The van der Waals surface area contributed by atoms with Crippen LogP contribution in [0.5, 0.6) is 23.0 Å². The van der Waals surface area contributed by atoms with Crippen molar-refractivity contribution in [2.75, 3.05) is 7.05 Å². The summed E-state index contributed by atoms with van der Waals surface area (Å²) in [5, 5.41) is 13.3. The molecular weight excluding hydrogens is 797 g/mol. The second-order valence-electron chi connectivity index (χ2n) is 17.9. The molecule has 2 N–H and O–H groups in total. The Hall–Kier alpha value is -7.03. The van der Waals surface area contributed by atoms with E-state index in [0.29, 0.717) is 40.4 Å². The molecule has 328 valence electrons. The zero-order valence-electron chi connectivity index (χ0n) is 38.3. The van der Waals surface area contributed by atoms with E-state index in [0.717, 1.165) is 44.5 Å². The van der Waals surface area contributed by atoms with Crippen LogP contribution >= 0.6 is 0 Å². The summed E-state index contributed by atoms with van der Waals surface area (Å²) in [7, 11) is 1.77. The summed E-state index contributed by atoms with van der Waals surface area (Å²) in [6.45, 7) is 23.8. The molecule has 2 amide bonds. The zero-order valence-corrected chi connectivity index (χ0v) is 38.3. The van der Waals surface area contributed by atoms with E-state index in [9.17, 15) is 19.5 Å². The Balaban J connectivity index is 1.12. The van der Waals surface area contributed by atoms with Crippen molar-refractivity contribution in [3.63, 3.8) is 0 Å². The fourth-order valence-electron chi connectivity index (χ4n) is 7.57. The van der Waals surface area contributed by atoms with Gasteiger partial charge in [-0.3, -0.25) is 14.4 Å². The van der Waals surface area contributed by atoms with Crippen LogP contribution in [-0.4, -0.2) is 35.2 Å². The van der Waals surface area contributed by atoms with Gasteiger partial charge in [-0.1, -0.05) is 105 Å². The first-order valence-electron chi connectivity index (χ1n) is 21.3. The molecule has 6 aromatic carbocycles. The van der Waals surface area contributed by atoms with Gasteiger partial charge in [0.15, 0.2) is 6.29 Å². The van der Waals surface area contributed by atoms with Crippen LogP contribution in [0.2, 0.25) is 0 Å². The van der Waals surface area contributed by atoms with E-state index in [1.807, 2.05) is 133 Å². The lowest BCUT2D eigenvalue weighted by Crippen LogP contribution is -2.43. The van der Waals surface area contributed by atoms with Gasteiger partial charge in [0.1, 0.15) is 23.0 Å². The third-order valence-corrected chi connectivity index (χ3v) is 12.2. The number of carbonyl (C=O) groups excluding carboxylic acids is 3. The summed E-state index contributed by atoms with van der Waals surface area (Å²) in [6.07, 6.45) is 0.663. The van der Waals surface area contributed by atoms with E-state index in [2.05, 4.69) is 38.4 Å². The first kappa shape index (κ1) is 46.5. The first-order chi connectivity index (χ1) is 30.2. The van der Waals surface area contributed by atoms with E-state index in [1.165, 1.54) is 0 Å². The van der Waals surface area contributed by atoms with Crippen molar-refractivity contribution < 1.29 is 29.0 Å². The van der Waals surface area contributed by atoms with E-state index in [4.69, 9.17) is 9.47 Å². The third-order valence-electron chi connectivity index (χ3n) is 12.2. The van der Waals surface area contributed by atoms with Crippen molar-refractivity contribution >= 4 is 29.2 Å². The molecule has 0 aliphatic heterocycles. The standard InChI is InChI=1S/C56H58N2O6/c1-36(2)38-14-12-16-44(30-38)55(7,8)57-52(61)50-29-28-48(32-41(50)35-60)63-46-24-19-42(20-25-46)54(5,6)43-21-26-47(27-22-43)64-49-23-18-40(34-59)51(33-49)53(62)58(11)56(9,10)45-17-13-15-39(31-45)37(3)4/h12-33,35,59H,1,3,34H2,2,4-11H3,(H,57,61). The predicted octanol–water partition coefficient (Wildman–Crippen LogP) is 12.6. The minimum absolute atomic E-state index is 0.219. The predicted molar refractivity (Wildman–Crippen MR) is 257 cm³/mol. The van der Waals surface area contributed by atoms with Gasteiger partial charge in [-0.2, -0.15) is 0 Å². The smallest absolute Gasteiger partial charge is 0.254 e. The first-order valence-corrected chi connectivity index (χ1v) is 21.3. The van der Waals surface area contributed by atoms with Crippen LogP contribution in [0.4, 0.5) is 0 Å². The quantitative estimate of drug-likeness (QED) is 0.0940. The minimum Gasteiger partial charge on any atom is -0.457 e. The number of aliphatic hydroxyl groups excluding tert-OH is 1. The number of carbonyl (C=O) groups is 3. The van der Waals surface area contributed by atoms with Crippen LogP contribution in [0.25, 0.3) is 11.1 Å². The van der Waals surface area contributed by atoms with Crippen molar-refractivity contribution in [1.82, 2.24) is 10.2 Å². The molecule has 8 nitrogen and oxygen atoms in total. The summed E-state index contributed by atoms with van der Waals surface area (Å²) in [4.78, 5) is 41.4. The highest BCUT2D eigenvalue weighted by molar-refractivity contribution is 6.02. The molecular formula is C56H58N2O6. The maximum atomic E-state index is 14.0. The molecule has 0 bridgehead atoms. The number of benzene rings is 6. The van der Waals surface area contributed by atoms with Gasteiger partial charge in [0.25, 0.3) is 11.8 Å². The summed E-state index contributed by atoms with van der Waals surface area (Å²) in [5.74, 6) is 1.47. The van der Waals surface area contributed by atoms with Crippen LogP contribution in [0.1, 0.15) is 125 Å². The van der Waals surface area contributed by atoms with Gasteiger partial charge in [0.2, 0.25) is 0 Å².